The van der Waals surface area contributed by atoms with Crippen LogP contribution in [0.4, 0.5) is 0 Å². The molecule has 0 aliphatic carbocycles. The molecular weight excluding hydrogens is 232 g/mol. The van der Waals surface area contributed by atoms with Crippen molar-refractivity contribution in [3.63, 3.8) is 0 Å². The maximum absolute atomic E-state index is 11.7. The Bertz CT molecular complexity index is 294. The minimum atomic E-state index is -0.792. The molecule has 1 aliphatic rings. The van der Waals surface area contributed by atoms with Crippen LogP contribution in [0.15, 0.2) is 0 Å². The fraction of sp³-hybridized carbons (Fsp3) is 0.846. The topological polar surface area (TPSA) is 69.6 Å². The zero-order valence-corrected chi connectivity index (χ0v) is 11.3. The largest absolute Gasteiger partial charge is 0.481 e. The van der Waals surface area contributed by atoms with Crippen molar-refractivity contribution >= 4 is 11.9 Å². The van der Waals surface area contributed by atoms with Crippen LogP contribution in [0, 0.1) is 5.92 Å². The Morgan fingerprint density at radius 1 is 1.33 bits per heavy atom. The summed E-state index contributed by atoms with van der Waals surface area (Å²) in [6.07, 6.45) is 2.81. The number of carboxylic acid groups (broad SMARTS) is 1. The van der Waals surface area contributed by atoms with Gasteiger partial charge < -0.3 is 15.3 Å². The Morgan fingerprint density at radius 2 is 2.00 bits per heavy atom. The van der Waals surface area contributed by atoms with Gasteiger partial charge in [-0.1, -0.05) is 6.92 Å². The van der Waals surface area contributed by atoms with Gasteiger partial charge in [0.1, 0.15) is 0 Å². The lowest BCUT2D eigenvalue weighted by Gasteiger charge is -2.35. The molecule has 0 bridgehead atoms. The number of unbranched alkanes of at least 4 members (excludes halogenated alkanes) is 1. The van der Waals surface area contributed by atoms with Crippen molar-refractivity contribution in [1.82, 2.24) is 10.2 Å². The lowest BCUT2D eigenvalue weighted by molar-refractivity contribution is -0.137. The van der Waals surface area contributed by atoms with E-state index in [0.29, 0.717) is 25.2 Å². The van der Waals surface area contributed by atoms with E-state index in [-0.39, 0.29) is 18.4 Å². The summed E-state index contributed by atoms with van der Waals surface area (Å²) in [6.45, 7) is 4.20. The van der Waals surface area contributed by atoms with Gasteiger partial charge in [-0.2, -0.15) is 0 Å². The maximum atomic E-state index is 11.7. The van der Waals surface area contributed by atoms with E-state index in [1.165, 1.54) is 0 Å². The first-order chi connectivity index (χ1) is 8.49. The second-order valence-corrected chi connectivity index (χ2v) is 5.30. The first kappa shape index (κ1) is 15.0. The van der Waals surface area contributed by atoms with Crippen LogP contribution in [0.5, 0.6) is 0 Å². The van der Waals surface area contributed by atoms with Crippen LogP contribution in [0.1, 0.15) is 39.0 Å². The predicted octanol–water partition coefficient (Wildman–Crippen LogP) is 1.09. The third kappa shape index (κ3) is 5.49. The number of hydrogen-bond donors (Lipinski definition) is 2. The van der Waals surface area contributed by atoms with Crippen molar-refractivity contribution < 1.29 is 14.7 Å². The van der Waals surface area contributed by atoms with Crippen molar-refractivity contribution in [2.45, 2.75) is 45.1 Å². The van der Waals surface area contributed by atoms with Gasteiger partial charge in [0.05, 0.1) is 0 Å². The van der Waals surface area contributed by atoms with E-state index in [2.05, 4.69) is 24.2 Å². The molecule has 5 heteroatoms. The third-order valence-corrected chi connectivity index (χ3v) is 3.50. The average Bonchev–Trinajstić information content (AvgIpc) is 2.28. The monoisotopic (exact) mass is 256 g/mol. The molecule has 0 aromatic heterocycles. The van der Waals surface area contributed by atoms with Gasteiger partial charge in [0.2, 0.25) is 5.91 Å². The minimum Gasteiger partial charge on any atom is -0.481 e. The Kier molecular flexibility index (Phi) is 6.12. The zero-order valence-electron chi connectivity index (χ0n) is 11.3. The van der Waals surface area contributed by atoms with Crippen LogP contribution in [0.2, 0.25) is 0 Å². The normalized spacial score (nSPS) is 24.8. The van der Waals surface area contributed by atoms with Crippen molar-refractivity contribution in [2.75, 3.05) is 20.1 Å². The first-order valence-electron chi connectivity index (χ1n) is 6.68. The highest BCUT2D eigenvalue weighted by atomic mass is 16.4. The van der Waals surface area contributed by atoms with Gasteiger partial charge in [0.25, 0.3) is 0 Å². The number of nitrogens with one attached hydrogen (secondary N) is 1. The van der Waals surface area contributed by atoms with Crippen molar-refractivity contribution in [2.24, 2.45) is 5.92 Å². The Hall–Kier alpha value is -1.10. The first-order valence-corrected chi connectivity index (χ1v) is 6.68. The smallest absolute Gasteiger partial charge is 0.303 e. The fourth-order valence-electron chi connectivity index (χ4n) is 2.41. The second kappa shape index (κ2) is 7.36. The standard InChI is InChI=1S/C13H24N2O3/c1-10-9-15(2)8-7-11(10)14-12(16)5-3-4-6-13(17)18/h10-11H,3-9H2,1-2H3,(H,14,16)(H,17,18). The molecule has 0 radical (unpaired) electrons. The van der Waals surface area contributed by atoms with Crippen molar-refractivity contribution in [3.8, 4) is 0 Å². The molecule has 1 rings (SSSR count). The van der Waals surface area contributed by atoms with E-state index in [9.17, 15) is 9.59 Å². The van der Waals surface area contributed by atoms with E-state index < -0.39 is 5.97 Å². The highest BCUT2D eigenvalue weighted by Gasteiger charge is 2.25. The number of nitrogens with zero attached hydrogens (tertiary/aromatic N) is 1. The van der Waals surface area contributed by atoms with Gasteiger partial charge in [0.15, 0.2) is 0 Å². The summed E-state index contributed by atoms with van der Waals surface area (Å²) >= 11 is 0. The molecule has 2 unspecified atom stereocenters. The summed E-state index contributed by atoms with van der Waals surface area (Å²) in [6, 6.07) is 0.271. The lowest BCUT2D eigenvalue weighted by Crippen LogP contribution is -2.48. The Labute approximate surface area is 109 Å². The zero-order chi connectivity index (χ0) is 13.5. The quantitative estimate of drug-likeness (QED) is 0.698. The van der Waals surface area contributed by atoms with Gasteiger partial charge in [0, 0.05) is 25.4 Å². The van der Waals surface area contributed by atoms with E-state index >= 15 is 0 Å². The van der Waals surface area contributed by atoms with Crippen LogP contribution in [0.25, 0.3) is 0 Å². The Morgan fingerprint density at radius 3 is 2.61 bits per heavy atom. The molecule has 2 N–H and O–H groups in total. The van der Waals surface area contributed by atoms with Crippen LogP contribution >= 0.6 is 0 Å². The van der Waals surface area contributed by atoms with Gasteiger partial charge in [-0.15, -0.1) is 0 Å². The molecule has 0 aromatic rings. The van der Waals surface area contributed by atoms with Gasteiger partial charge in [-0.3, -0.25) is 9.59 Å². The van der Waals surface area contributed by atoms with Gasteiger partial charge in [-0.25, -0.2) is 0 Å². The number of piperidine rings is 1. The molecule has 0 aromatic carbocycles. The number of hydrogen-bond acceptors (Lipinski definition) is 3. The van der Waals surface area contributed by atoms with Gasteiger partial charge >= 0.3 is 5.97 Å². The molecule has 18 heavy (non-hydrogen) atoms. The molecule has 1 heterocycles. The summed E-state index contributed by atoms with van der Waals surface area (Å²) in [5.41, 5.74) is 0. The summed E-state index contributed by atoms with van der Waals surface area (Å²) < 4.78 is 0. The fourth-order valence-corrected chi connectivity index (χ4v) is 2.41. The van der Waals surface area contributed by atoms with Crippen LogP contribution in [0.3, 0.4) is 0 Å². The number of amides is 1. The predicted molar refractivity (Wildman–Crippen MR) is 69.3 cm³/mol. The second-order valence-electron chi connectivity index (χ2n) is 5.30. The molecule has 1 amide bonds. The summed E-state index contributed by atoms with van der Waals surface area (Å²) in [5.74, 6) is -0.257. The molecule has 1 fully saturated rings. The molecule has 1 aliphatic heterocycles. The summed E-state index contributed by atoms with van der Waals surface area (Å²) in [4.78, 5) is 24.3. The molecule has 2 atom stereocenters. The van der Waals surface area contributed by atoms with Crippen LogP contribution in [-0.2, 0) is 9.59 Å². The van der Waals surface area contributed by atoms with E-state index in [0.717, 1.165) is 19.5 Å². The number of rotatable bonds is 6. The maximum Gasteiger partial charge on any atom is 0.303 e. The van der Waals surface area contributed by atoms with Crippen LogP contribution < -0.4 is 5.32 Å². The lowest BCUT2D eigenvalue weighted by atomic mass is 9.94. The van der Waals surface area contributed by atoms with Crippen molar-refractivity contribution in [1.29, 1.82) is 0 Å². The molecular formula is C13H24N2O3. The number of carbonyl (C=O) groups excluding carboxylic acids is 1. The highest BCUT2D eigenvalue weighted by molar-refractivity contribution is 5.76. The number of likely N-dealkylation sites (tertiary alicyclic amines) is 1. The van der Waals surface area contributed by atoms with Crippen molar-refractivity contribution in [3.05, 3.63) is 0 Å². The number of carboxylic acids is 1. The Balaban J connectivity index is 2.17. The molecule has 0 saturated carbocycles. The number of carbonyl (C=O) groups is 2. The van der Waals surface area contributed by atoms with E-state index in [4.69, 9.17) is 5.11 Å². The minimum absolute atomic E-state index is 0.0572. The molecule has 1 saturated heterocycles. The summed E-state index contributed by atoms with van der Waals surface area (Å²) in [5, 5.41) is 11.6. The third-order valence-electron chi connectivity index (χ3n) is 3.50. The molecule has 0 spiro atoms. The van der Waals surface area contributed by atoms with E-state index in [1.54, 1.807) is 0 Å². The highest BCUT2D eigenvalue weighted by Crippen LogP contribution is 2.15. The average molecular weight is 256 g/mol. The van der Waals surface area contributed by atoms with Gasteiger partial charge in [-0.05, 0) is 38.8 Å². The summed E-state index contributed by atoms with van der Waals surface area (Å²) in [7, 11) is 2.10. The van der Waals surface area contributed by atoms with Crippen LogP contribution in [-0.4, -0.2) is 48.1 Å². The number of aliphatic carboxylic acids is 1. The molecule has 104 valence electrons. The molecule has 5 nitrogen and oxygen atoms in total. The SMILES string of the molecule is CC1CN(C)CCC1NC(=O)CCCCC(=O)O. The van der Waals surface area contributed by atoms with E-state index in [1.807, 2.05) is 0 Å².